The van der Waals surface area contributed by atoms with Gasteiger partial charge in [-0.25, -0.2) is 4.39 Å². The van der Waals surface area contributed by atoms with E-state index >= 15 is 0 Å². The smallest absolute Gasteiger partial charge is 0.132 e. The van der Waals surface area contributed by atoms with Crippen molar-refractivity contribution in [1.82, 2.24) is 4.90 Å². The molecule has 0 amide bonds. The molecule has 2 aliphatic rings. The van der Waals surface area contributed by atoms with Crippen LogP contribution in [0.25, 0.3) is 0 Å². The van der Waals surface area contributed by atoms with Crippen LogP contribution in [0.15, 0.2) is 30.3 Å². The van der Waals surface area contributed by atoms with Crippen molar-refractivity contribution in [3.8, 4) is 6.07 Å². The number of hydrogen-bond acceptors (Lipinski definition) is 2. The second kappa shape index (κ2) is 3.82. The van der Waals surface area contributed by atoms with Crippen LogP contribution < -0.4 is 0 Å². The van der Waals surface area contributed by atoms with E-state index in [1.54, 1.807) is 0 Å². The average Bonchev–Trinajstić information content (AvgIpc) is 2.73. The fourth-order valence-corrected chi connectivity index (χ4v) is 3.11. The molecule has 2 nitrogen and oxygen atoms in total. The Morgan fingerprint density at radius 2 is 1.94 bits per heavy atom. The predicted molar refractivity (Wildman–Crippen MR) is 62.8 cm³/mol. The first-order chi connectivity index (χ1) is 8.24. The van der Waals surface area contributed by atoms with Crippen molar-refractivity contribution in [3.63, 3.8) is 0 Å². The molecule has 1 aromatic rings. The highest BCUT2D eigenvalue weighted by atomic mass is 19.1. The van der Waals surface area contributed by atoms with Gasteiger partial charge in [0.2, 0.25) is 0 Å². The van der Waals surface area contributed by atoms with Crippen LogP contribution in [0.2, 0.25) is 0 Å². The molecule has 0 radical (unpaired) electrons. The van der Waals surface area contributed by atoms with E-state index in [-0.39, 0.29) is 18.3 Å². The summed E-state index contributed by atoms with van der Waals surface area (Å²) in [5.74, 6) is 0.205. The number of nitriles is 1. The van der Waals surface area contributed by atoms with Crippen LogP contribution in [-0.2, 0) is 6.54 Å². The molecule has 1 aliphatic heterocycles. The Kier molecular flexibility index (Phi) is 2.41. The topological polar surface area (TPSA) is 27.0 Å². The molecular formula is C14H15FN2. The molecule has 88 valence electrons. The highest BCUT2D eigenvalue weighted by Gasteiger charge is 2.69. The van der Waals surface area contributed by atoms with Crippen LogP contribution in [0.3, 0.4) is 0 Å². The third-order valence-electron chi connectivity index (χ3n) is 4.12. The van der Waals surface area contributed by atoms with Crippen molar-refractivity contribution in [1.29, 1.82) is 5.26 Å². The lowest BCUT2D eigenvalue weighted by atomic mass is 10.1. The third kappa shape index (κ3) is 1.73. The molecule has 17 heavy (non-hydrogen) atoms. The molecule has 0 bridgehead atoms. The predicted octanol–water partition coefficient (Wildman–Crippen LogP) is 2.37. The molecule has 1 aliphatic carbocycles. The molecule has 1 aromatic carbocycles. The number of rotatable bonds is 3. The van der Waals surface area contributed by atoms with Gasteiger partial charge in [0.05, 0.1) is 12.5 Å². The minimum atomic E-state index is -1.16. The first-order valence-corrected chi connectivity index (χ1v) is 6.06. The number of alkyl halides is 1. The van der Waals surface area contributed by atoms with Gasteiger partial charge in [0, 0.05) is 31.5 Å². The van der Waals surface area contributed by atoms with E-state index in [0.29, 0.717) is 0 Å². The molecule has 1 heterocycles. The minimum Gasteiger partial charge on any atom is -0.298 e. The van der Waals surface area contributed by atoms with Gasteiger partial charge in [-0.15, -0.1) is 0 Å². The number of fused-ring (bicyclic) bond motifs is 1. The molecule has 3 heteroatoms. The normalized spacial score (nSPS) is 35.3. The van der Waals surface area contributed by atoms with Crippen molar-refractivity contribution in [2.75, 3.05) is 13.1 Å². The molecule has 0 aromatic heterocycles. The zero-order chi connectivity index (χ0) is 11.9. The Labute approximate surface area is 101 Å². The quantitative estimate of drug-likeness (QED) is 0.797. The number of benzene rings is 1. The Bertz CT molecular complexity index is 439. The zero-order valence-electron chi connectivity index (χ0n) is 9.64. The first kappa shape index (κ1) is 10.7. The van der Waals surface area contributed by atoms with Crippen LogP contribution >= 0.6 is 0 Å². The third-order valence-corrected chi connectivity index (χ3v) is 4.12. The summed E-state index contributed by atoms with van der Waals surface area (Å²) in [6, 6.07) is 12.2. The Morgan fingerprint density at radius 1 is 1.29 bits per heavy atom. The van der Waals surface area contributed by atoms with Gasteiger partial charge in [0.15, 0.2) is 0 Å². The number of halogens is 1. The van der Waals surface area contributed by atoms with Crippen LogP contribution in [0.4, 0.5) is 4.39 Å². The van der Waals surface area contributed by atoms with E-state index in [9.17, 15) is 4.39 Å². The van der Waals surface area contributed by atoms with Gasteiger partial charge in [0.25, 0.3) is 0 Å². The van der Waals surface area contributed by atoms with E-state index in [1.807, 2.05) is 24.3 Å². The van der Waals surface area contributed by atoms with Crippen LogP contribution in [0.1, 0.15) is 12.0 Å². The molecule has 1 saturated carbocycles. The molecule has 3 rings (SSSR count). The monoisotopic (exact) mass is 230 g/mol. The molecule has 0 unspecified atom stereocenters. The van der Waals surface area contributed by atoms with Crippen molar-refractivity contribution < 1.29 is 4.39 Å². The van der Waals surface area contributed by atoms with Crippen molar-refractivity contribution >= 4 is 0 Å². The van der Waals surface area contributed by atoms with Crippen LogP contribution in [0, 0.1) is 23.2 Å². The summed E-state index contributed by atoms with van der Waals surface area (Å²) in [6.45, 7) is 2.51. The number of nitrogens with zero attached hydrogens (tertiary/aromatic N) is 2. The maximum Gasteiger partial charge on any atom is 0.132 e. The SMILES string of the molecule is N#CCC1(F)[C@@H]2CN(Cc3ccccc3)C[C@H]21. The summed E-state index contributed by atoms with van der Waals surface area (Å²) in [7, 11) is 0. The first-order valence-electron chi connectivity index (χ1n) is 6.06. The second-order valence-corrected chi connectivity index (χ2v) is 5.15. The van der Waals surface area contributed by atoms with E-state index < -0.39 is 5.67 Å². The lowest BCUT2D eigenvalue weighted by Gasteiger charge is -2.20. The largest absolute Gasteiger partial charge is 0.298 e. The second-order valence-electron chi connectivity index (χ2n) is 5.15. The zero-order valence-corrected chi connectivity index (χ0v) is 9.64. The van der Waals surface area contributed by atoms with Crippen LogP contribution in [0.5, 0.6) is 0 Å². The standard InChI is InChI=1S/C14H15FN2/c15-14(6-7-16)12-9-17(10-13(12)14)8-11-4-2-1-3-5-11/h1-5,12-13H,6,8-10H2/t12-,13-/m1/s1. The highest BCUT2D eigenvalue weighted by Crippen LogP contribution is 2.60. The van der Waals surface area contributed by atoms with E-state index in [2.05, 4.69) is 17.0 Å². The fourth-order valence-electron chi connectivity index (χ4n) is 3.11. The molecule has 2 fully saturated rings. The molecular weight excluding hydrogens is 215 g/mol. The fraction of sp³-hybridized carbons (Fsp3) is 0.500. The van der Waals surface area contributed by atoms with E-state index in [1.165, 1.54) is 5.56 Å². The van der Waals surface area contributed by atoms with Crippen molar-refractivity contribution in [2.45, 2.75) is 18.6 Å². The van der Waals surface area contributed by atoms with Gasteiger partial charge in [-0.05, 0) is 5.56 Å². The van der Waals surface area contributed by atoms with Crippen molar-refractivity contribution in [2.24, 2.45) is 11.8 Å². The van der Waals surface area contributed by atoms with Gasteiger partial charge in [-0.2, -0.15) is 5.26 Å². The van der Waals surface area contributed by atoms with Gasteiger partial charge in [-0.1, -0.05) is 30.3 Å². The lowest BCUT2D eigenvalue weighted by molar-refractivity contribution is 0.183. The molecule has 1 saturated heterocycles. The van der Waals surface area contributed by atoms with Gasteiger partial charge < -0.3 is 0 Å². The van der Waals surface area contributed by atoms with Crippen LogP contribution in [-0.4, -0.2) is 23.7 Å². The van der Waals surface area contributed by atoms with Crippen molar-refractivity contribution in [3.05, 3.63) is 35.9 Å². The summed E-state index contributed by atoms with van der Waals surface area (Å²) in [5, 5.41) is 8.59. The van der Waals surface area contributed by atoms with E-state index in [0.717, 1.165) is 19.6 Å². The number of piperidine rings is 1. The number of likely N-dealkylation sites (tertiary alicyclic amines) is 1. The van der Waals surface area contributed by atoms with Gasteiger partial charge in [0.1, 0.15) is 5.67 Å². The molecule has 0 N–H and O–H groups in total. The molecule has 2 atom stereocenters. The Morgan fingerprint density at radius 3 is 2.53 bits per heavy atom. The van der Waals surface area contributed by atoms with Gasteiger partial charge in [-0.3, -0.25) is 4.90 Å². The molecule has 0 spiro atoms. The number of hydrogen-bond donors (Lipinski definition) is 0. The Balaban J connectivity index is 1.58. The maximum atomic E-state index is 14.1. The maximum absolute atomic E-state index is 14.1. The van der Waals surface area contributed by atoms with Gasteiger partial charge >= 0.3 is 0 Å². The summed E-state index contributed by atoms with van der Waals surface area (Å²) in [4.78, 5) is 2.29. The summed E-state index contributed by atoms with van der Waals surface area (Å²) in [6.07, 6.45) is 0.0709. The Hall–Kier alpha value is -1.40. The summed E-state index contributed by atoms with van der Waals surface area (Å²) < 4.78 is 14.1. The summed E-state index contributed by atoms with van der Waals surface area (Å²) in [5.41, 5.74) is 0.112. The summed E-state index contributed by atoms with van der Waals surface area (Å²) >= 11 is 0. The van der Waals surface area contributed by atoms with E-state index in [4.69, 9.17) is 5.26 Å². The highest BCUT2D eigenvalue weighted by molar-refractivity contribution is 5.22. The average molecular weight is 230 g/mol. The minimum absolute atomic E-state index is 0.0709. The lowest BCUT2D eigenvalue weighted by Crippen LogP contribution is -2.28.